The topological polar surface area (TPSA) is 57.3 Å². The number of nitrogens with zero attached hydrogens (tertiary/aromatic N) is 5. The van der Waals surface area contributed by atoms with Crippen LogP contribution in [0.25, 0.3) is 61.5 Å². The molecule has 1 atom stereocenters. The molecule has 0 saturated heterocycles. The van der Waals surface area contributed by atoms with Gasteiger partial charge in [-0.25, -0.2) is 0 Å². The van der Waals surface area contributed by atoms with E-state index in [1.54, 1.807) is 0 Å². The Kier molecular flexibility index (Phi) is 7.14. The lowest BCUT2D eigenvalue weighted by molar-refractivity contribution is 0.436. The van der Waals surface area contributed by atoms with Crippen molar-refractivity contribution in [3.05, 3.63) is 228 Å². The monoisotopic (exact) mass is 847 g/mol. The zero-order chi connectivity index (χ0) is 43.1. The van der Waals surface area contributed by atoms with E-state index in [1.165, 1.54) is 27.5 Å². The van der Waals surface area contributed by atoms with Crippen molar-refractivity contribution in [2.75, 3.05) is 4.90 Å². The molecule has 310 valence electrons. The highest BCUT2D eigenvalue weighted by Crippen LogP contribution is 2.62. The predicted octanol–water partition coefficient (Wildman–Crippen LogP) is 14.5. The second kappa shape index (κ2) is 13.2. The van der Waals surface area contributed by atoms with E-state index in [-0.39, 0.29) is 0 Å². The highest BCUT2D eigenvalue weighted by molar-refractivity contribution is 6.11. The van der Waals surface area contributed by atoms with Gasteiger partial charge in [-0.1, -0.05) is 97.1 Å². The van der Waals surface area contributed by atoms with Crippen LogP contribution in [0.4, 0.5) is 17.1 Å². The van der Waals surface area contributed by atoms with Gasteiger partial charge in [0.05, 0.1) is 56.6 Å². The van der Waals surface area contributed by atoms with Gasteiger partial charge in [-0.15, -0.1) is 0 Å². The van der Waals surface area contributed by atoms with E-state index < -0.39 is 5.41 Å². The van der Waals surface area contributed by atoms with E-state index in [0.29, 0.717) is 0 Å². The molecule has 4 aromatic heterocycles. The van der Waals surface area contributed by atoms with Crippen LogP contribution in [0.1, 0.15) is 39.9 Å². The zero-order valence-corrected chi connectivity index (χ0v) is 35.5. The lowest BCUT2D eigenvalue weighted by Crippen LogP contribution is -2.32. The number of hydrogen-bond donors (Lipinski definition) is 0. The minimum atomic E-state index is -0.784. The SMILES string of the molecule is C1=Cc2c(n(-c3cnc4c(c3)C3(c5ccccc5Oc5ccc(-n6c7ccccc7c7cc(N8c9ccccc9Oc9ccccc98)ccc76)cc53)c3cccnc3-4)c3ccccc23)CC1. The number of pyridine rings is 2. The quantitative estimate of drug-likeness (QED) is 0.177. The Balaban J connectivity index is 0.972. The van der Waals surface area contributed by atoms with Crippen molar-refractivity contribution in [3.8, 4) is 45.8 Å². The Morgan fingerprint density at radius 1 is 0.455 bits per heavy atom. The summed E-state index contributed by atoms with van der Waals surface area (Å²) in [6, 6.07) is 62.7. The van der Waals surface area contributed by atoms with Crippen LogP contribution in [0.5, 0.6) is 23.0 Å². The summed E-state index contributed by atoms with van der Waals surface area (Å²) >= 11 is 0. The molecular formula is C59H37N5O2. The van der Waals surface area contributed by atoms with Gasteiger partial charge >= 0.3 is 0 Å². The maximum atomic E-state index is 6.94. The second-order valence-corrected chi connectivity index (χ2v) is 17.6. The molecule has 0 amide bonds. The van der Waals surface area contributed by atoms with Gasteiger partial charge in [0.25, 0.3) is 0 Å². The van der Waals surface area contributed by atoms with E-state index in [1.807, 2.05) is 36.7 Å². The Bertz CT molecular complexity index is 3890. The molecule has 1 spiro atoms. The molecule has 2 aliphatic heterocycles. The van der Waals surface area contributed by atoms with Gasteiger partial charge in [0, 0.05) is 61.7 Å². The van der Waals surface area contributed by atoms with Crippen LogP contribution in [0.2, 0.25) is 0 Å². The van der Waals surface area contributed by atoms with Gasteiger partial charge in [0.2, 0.25) is 0 Å². The van der Waals surface area contributed by atoms with Crippen molar-refractivity contribution in [2.24, 2.45) is 0 Å². The average molecular weight is 848 g/mol. The minimum Gasteiger partial charge on any atom is -0.457 e. The summed E-state index contributed by atoms with van der Waals surface area (Å²) in [5, 5.41) is 3.59. The fourth-order valence-electron chi connectivity index (χ4n) is 11.7. The molecule has 0 saturated carbocycles. The molecule has 0 fully saturated rings. The Labute approximate surface area is 379 Å². The van der Waals surface area contributed by atoms with Crippen molar-refractivity contribution in [3.63, 3.8) is 0 Å². The first-order valence-corrected chi connectivity index (χ1v) is 22.6. The highest BCUT2D eigenvalue weighted by atomic mass is 16.5. The molecule has 4 aliphatic rings. The summed E-state index contributed by atoms with van der Waals surface area (Å²) in [6.07, 6.45) is 10.5. The molecule has 1 unspecified atom stereocenters. The maximum absolute atomic E-state index is 6.94. The molecule has 15 rings (SSSR count). The van der Waals surface area contributed by atoms with Crippen LogP contribution in [0.15, 0.2) is 194 Å². The van der Waals surface area contributed by atoms with E-state index in [9.17, 15) is 0 Å². The van der Waals surface area contributed by atoms with Crippen LogP contribution < -0.4 is 14.4 Å². The van der Waals surface area contributed by atoms with Crippen molar-refractivity contribution < 1.29 is 9.47 Å². The molecule has 0 bridgehead atoms. The van der Waals surface area contributed by atoms with Crippen LogP contribution in [0.3, 0.4) is 0 Å². The Morgan fingerprint density at radius 2 is 1.09 bits per heavy atom. The summed E-state index contributed by atoms with van der Waals surface area (Å²) in [4.78, 5) is 12.8. The fourth-order valence-corrected chi connectivity index (χ4v) is 11.7. The molecular weight excluding hydrogens is 811 g/mol. The number of hydrogen-bond acceptors (Lipinski definition) is 5. The number of para-hydroxylation sites is 7. The molecule has 7 heteroatoms. The van der Waals surface area contributed by atoms with Gasteiger partial charge in [-0.05, 0) is 109 Å². The molecule has 11 aromatic rings. The number of rotatable bonds is 3. The number of anilines is 3. The van der Waals surface area contributed by atoms with Crippen LogP contribution in [-0.4, -0.2) is 19.1 Å². The third kappa shape index (κ3) is 4.65. The van der Waals surface area contributed by atoms with Crippen molar-refractivity contribution in [2.45, 2.75) is 18.3 Å². The maximum Gasteiger partial charge on any atom is 0.151 e. The highest BCUT2D eigenvalue weighted by Gasteiger charge is 2.53. The number of fused-ring (bicyclic) bond motifs is 17. The largest absolute Gasteiger partial charge is 0.457 e. The minimum absolute atomic E-state index is 0.784. The van der Waals surface area contributed by atoms with E-state index >= 15 is 0 Å². The predicted molar refractivity (Wildman–Crippen MR) is 263 cm³/mol. The number of benzene rings is 7. The summed E-state index contributed by atoms with van der Waals surface area (Å²) in [5.41, 5.74) is 16.5. The molecule has 0 N–H and O–H groups in total. The molecule has 7 aromatic carbocycles. The number of allylic oxidation sites excluding steroid dienone is 1. The van der Waals surface area contributed by atoms with E-state index in [2.05, 4.69) is 178 Å². The van der Waals surface area contributed by atoms with Gasteiger partial charge in [-0.2, -0.15) is 0 Å². The van der Waals surface area contributed by atoms with Gasteiger partial charge in [0.15, 0.2) is 11.5 Å². The molecule has 6 heterocycles. The zero-order valence-electron chi connectivity index (χ0n) is 35.5. The summed E-state index contributed by atoms with van der Waals surface area (Å²) in [6.45, 7) is 0. The lowest BCUT2D eigenvalue weighted by Gasteiger charge is -2.39. The van der Waals surface area contributed by atoms with Crippen LogP contribution in [0, 0.1) is 0 Å². The van der Waals surface area contributed by atoms with Crippen LogP contribution >= 0.6 is 0 Å². The Hall–Kier alpha value is -8.68. The third-order valence-electron chi connectivity index (χ3n) is 14.3. The molecule has 2 aliphatic carbocycles. The molecule has 66 heavy (non-hydrogen) atoms. The van der Waals surface area contributed by atoms with Gasteiger partial charge < -0.3 is 23.5 Å². The first-order chi connectivity index (χ1) is 32.7. The summed E-state index contributed by atoms with van der Waals surface area (Å²) in [5.74, 6) is 3.30. The van der Waals surface area contributed by atoms with E-state index in [0.717, 1.165) is 114 Å². The third-order valence-corrected chi connectivity index (χ3v) is 14.3. The molecule has 7 nitrogen and oxygen atoms in total. The van der Waals surface area contributed by atoms with Crippen molar-refractivity contribution in [1.82, 2.24) is 19.1 Å². The van der Waals surface area contributed by atoms with Crippen LogP contribution in [-0.2, 0) is 11.8 Å². The normalized spacial score (nSPS) is 16.0. The smallest absolute Gasteiger partial charge is 0.151 e. The lowest BCUT2D eigenvalue weighted by atomic mass is 9.66. The van der Waals surface area contributed by atoms with Gasteiger partial charge in [-0.3, -0.25) is 9.97 Å². The van der Waals surface area contributed by atoms with Crippen molar-refractivity contribution >= 4 is 55.8 Å². The molecule has 0 radical (unpaired) electrons. The number of aromatic nitrogens is 4. The second-order valence-electron chi connectivity index (χ2n) is 17.6. The standard InChI is InChI=1S/C59H37N5O2/c1-5-19-47-39(14-1)40-15-2-6-20-48(40)64(47)38-34-46-58(61-35-38)57-44(18-13-31-60-57)59(46)43-17-4-10-24-53(43)65-54-30-28-37(33-45(54)59)62-49-21-7-3-16-41(49)42-32-36(27-29-50(42)62)63-51-22-8-11-25-55(51)66-56-26-12-9-23-52(56)63/h1-5,7-19,21-35H,6,20H2. The van der Waals surface area contributed by atoms with E-state index in [4.69, 9.17) is 19.4 Å². The first-order valence-electron chi connectivity index (χ1n) is 22.6. The van der Waals surface area contributed by atoms with Crippen molar-refractivity contribution in [1.29, 1.82) is 0 Å². The number of ether oxygens (including phenoxy) is 2. The summed E-state index contributed by atoms with van der Waals surface area (Å²) in [7, 11) is 0. The summed E-state index contributed by atoms with van der Waals surface area (Å²) < 4.78 is 18.2. The average Bonchev–Trinajstić information content (AvgIpc) is 3.99. The first kappa shape index (κ1) is 35.7. The Morgan fingerprint density at radius 3 is 1.94 bits per heavy atom. The fraction of sp³-hybridized carbons (Fsp3) is 0.0508. The van der Waals surface area contributed by atoms with Gasteiger partial charge in [0.1, 0.15) is 11.5 Å².